The summed E-state index contributed by atoms with van der Waals surface area (Å²) in [7, 11) is 1.04. The van der Waals surface area contributed by atoms with Gasteiger partial charge in [0.25, 0.3) is 0 Å². The fourth-order valence-electron chi connectivity index (χ4n) is 5.78. The molecule has 34 heavy (non-hydrogen) atoms. The van der Waals surface area contributed by atoms with E-state index in [9.17, 15) is 9.36 Å². The highest BCUT2D eigenvalue weighted by Crippen LogP contribution is 2.57. The minimum absolute atomic E-state index is 0.0183. The monoisotopic (exact) mass is 486 g/mol. The number of carbonyl (C=O) groups excluding carboxylic acids is 1. The van der Waals surface area contributed by atoms with Gasteiger partial charge in [0.1, 0.15) is 11.5 Å². The molecule has 0 spiro atoms. The number of rotatable bonds is 6. The predicted octanol–water partition coefficient (Wildman–Crippen LogP) is 4.77. The quantitative estimate of drug-likeness (QED) is 0.430. The molecule has 0 radical (unpaired) electrons. The van der Waals surface area contributed by atoms with Crippen LogP contribution in [0.2, 0.25) is 0 Å². The van der Waals surface area contributed by atoms with Gasteiger partial charge in [-0.1, -0.05) is 0 Å². The SMILES string of the molecule is COc1cc([C@@H]2c3cc4c(cc3[C@@H](CCP(C)(C)=O)[C@H]3COC(=O)[C@H]23)OCO4)cc(OC)c1C. The maximum absolute atomic E-state index is 13.2. The molecule has 1 aliphatic carbocycles. The van der Waals surface area contributed by atoms with Gasteiger partial charge in [-0.15, -0.1) is 0 Å². The molecule has 2 heterocycles. The maximum atomic E-state index is 13.2. The van der Waals surface area contributed by atoms with Crippen LogP contribution in [0.1, 0.15) is 40.5 Å². The van der Waals surface area contributed by atoms with E-state index in [2.05, 4.69) is 0 Å². The average Bonchev–Trinajstić information content (AvgIpc) is 3.41. The van der Waals surface area contributed by atoms with Crippen molar-refractivity contribution in [1.82, 2.24) is 0 Å². The molecule has 5 rings (SSSR count). The third kappa shape index (κ3) is 3.84. The second kappa shape index (κ2) is 8.53. The molecule has 2 aromatic carbocycles. The smallest absolute Gasteiger partial charge is 0.310 e. The fraction of sp³-hybridized carbons (Fsp3) is 0.500. The van der Waals surface area contributed by atoms with E-state index < -0.39 is 7.14 Å². The van der Waals surface area contributed by atoms with Crippen molar-refractivity contribution in [3.05, 3.63) is 46.5 Å². The standard InChI is InChI=1S/C26H31O7P/c1-14-20(29-2)8-15(9-21(14)30-3)24-18-11-23-22(32-13-33-23)10-17(18)16(6-7-34(4,5)28)19-12-31-26(27)25(19)24/h8-11,16,19,24-25H,6-7,12-13H2,1-5H3/t16-,19-,24-,25+/m1/s1. The Morgan fingerprint density at radius 2 is 1.59 bits per heavy atom. The Hall–Kier alpha value is -2.66. The molecular formula is C26H31O7P. The zero-order valence-corrected chi connectivity index (χ0v) is 21.1. The highest BCUT2D eigenvalue weighted by Gasteiger charge is 2.52. The summed E-state index contributed by atoms with van der Waals surface area (Å²) < 4.78 is 41.0. The van der Waals surface area contributed by atoms with Gasteiger partial charge >= 0.3 is 5.97 Å². The average molecular weight is 487 g/mol. The van der Waals surface area contributed by atoms with Gasteiger partial charge in [-0.05, 0) is 73.5 Å². The molecule has 8 heteroatoms. The molecule has 4 atom stereocenters. The molecular weight excluding hydrogens is 455 g/mol. The Labute approximate surface area is 200 Å². The molecule has 0 saturated carbocycles. The van der Waals surface area contributed by atoms with Crippen molar-refractivity contribution in [3.8, 4) is 23.0 Å². The first-order valence-corrected chi connectivity index (χ1v) is 14.4. The van der Waals surface area contributed by atoms with Gasteiger partial charge < -0.3 is 28.2 Å². The summed E-state index contributed by atoms with van der Waals surface area (Å²) >= 11 is 0. The van der Waals surface area contributed by atoms with E-state index in [4.69, 9.17) is 23.7 Å². The number of ether oxygens (including phenoxy) is 5. The first-order valence-electron chi connectivity index (χ1n) is 11.6. The van der Waals surface area contributed by atoms with Crippen LogP contribution in [0.25, 0.3) is 0 Å². The van der Waals surface area contributed by atoms with Crippen molar-refractivity contribution >= 4 is 13.1 Å². The number of cyclic esters (lactones) is 1. The van der Waals surface area contributed by atoms with E-state index in [0.717, 1.165) is 28.7 Å². The van der Waals surface area contributed by atoms with Crippen LogP contribution in [0.15, 0.2) is 24.3 Å². The summed E-state index contributed by atoms with van der Waals surface area (Å²) in [5.41, 5.74) is 3.97. The molecule has 2 aromatic rings. The van der Waals surface area contributed by atoms with Crippen molar-refractivity contribution in [2.45, 2.75) is 25.2 Å². The van der Waals surface area contributed by atoms with Gasteiger partial charge in [-0.2, -0.15) is 0 Å². The second-order valence-corrected chi connectivity index (χ2v) is 13.5. The molecule has 0 amide bonds. The largest absolute Gasteiger partial charge is 0.496 e. The van der Waals surface area contributed by atoms with Crippen molar-refractivity contribution in [3.63, 3.8) is 0 Å². The topological polar surface area (TPSA) is 80.3 Å². The van der Waals surface area contributed by atoms with Crippen LogP contribution >= 0.6 is 7.14 Å². The lowest BCUT2D eigenvalue weighted by Crippen LogP contribution is -2.35. The predicted molar refractivity (Wildman–Crippen MR) is 128 cm³/mol. The Morgan fingerprint density at radius 3 is 2.18 bits per heavy atom. The molecule has 0 N–H and O–H groups in total. The minimum Gasteiger partial charge on any atom is -0.496 e. The number of carbonyl (C=O) groups is 1. The van der Waals surface area contributed by atoms with Crippen LogP contribution in [0.4, 0.5) is 0 Å². The number of fused-ring (bicyclic) bond motifs is 3. The number of methoxy groups -OCH3 is 2. The third-order valence-electron chi connectivity index (χ3n) is 7.45. The zero-order chi connectivity index (χ0) is 24.2. The number of esters is 1. The zero-order valence-electron chi connectivity index (χ0n) is 20.3. The summed E-state index contributed by atoms with van der Waals surface area (Å²) in [6, 6.07) is 8.04. The first-order chi connectivity index (χ1) is 16.2. The normalized spacial score (nSPS) is 24.9. The lowest BCUT2D eigenvalue weighted by molar-refractivity contribution is -0.141. The lowest BCUT2D eigenvalue weighted by Gasteiger charge is -2.39. The maximum Gasteiger partial charge on any atom is 0.310 e. The van der Waals surface area contributed by atoms with Crippen molar-refractivity contribution in [2.75, 3.05) is 47.1 Å². The van der Waals surface area contributed by atoms with Crippen LogP contribution in [-0.4, -0.2) is 53.1 Å². The van der Waals surface area contributed by atoms with E-state index in [-0.39, 0.29) is 36.4 Å². The molecule has 7 nitrogen and oxygen atoms in total. The molecule has 2 aliphatic heterocycles. The molecule has 182 valence electrons. The van der Waals surface area contributed by atoms with Crippen molar-refractivity contribution in [2.24, 2.45) is 11.8 Å². The third-order valence-corrected chi connectivity index (χ3v) is 8.79. The lowest BCUT2D eigenvalue weighted by atomic mass is 9.62. The first kappa shape index (κ1) is 23.1. The number of benzene rings is 2. The van der Waals surface area contributed by atoms with Crippen LogP contribution in [0.3, 0.4) is 0 Å². The van der Waals surface area contributed by atoms with Crippen LogP contribution in [0, 0.1) is 18.8 Å². The fourth-order valence-corrected chi connectivity index (χ4v) is 6.68. The molecule has 3 aliphatic rings. The Morgan fingerprint density at radius 1 is 0.971 bits per heavy atom. The summed E-state index contributed by atoms with van der Waals surface area (Å²) in [5.74, 6) is 2.02. The highest BCUT2D eigenvalue weighted by molar-refractivity contribution is 7.62. The summed E-state index contributed by atoms with van der Waals surface area (Å²) in [6.45, 7) is 6.12. The summed E-state index contributed by atoms with van der Waals surface area (Å²) in [5, 5.41) is 0. The van der Waals surface area contributed by atoms with Crippen LogP contribution < -0.4 is 18.9 Å². The van der Waals surface area contributed by atoms with E-state index in [1.807, 2.05) is 44.5 Å². The van der Waals surface area contributed by atoms with Crippen LogP contribution in [-0.2, 0) is 14.1 Å². The Balaban J connectivity index is 1.71. The Kier molecular flexibility index (Phi) is 5.79. The van der Waals surface area contributed by atoms with Gasteiger partial charge in [0, 0.05) is 23.6 Å². The highest BCUT2D eigenvalue weighted by atomic mass is 31.2. The van der Waals surface area contributed by atoms with Gasteiger partial charge in [0.15, 0.2) is 11.5 Å². The van der Waals surface area contributed by atoms with Gasteiger partial charge in [0.2, 0.25) is 6.79 Å². The minimum atomic E-state index is -2.23. The molecule has 0 aromatic heterocycles. The summed E-state index contributed by atoms with van der Waals surface area (Å²) in [4.78, 5) is 13.2. The van der Waals surface area contributed by atoms with E-state index in [1.54, 1.807) is 14.2 Å². The molecule has 1 saturated heterocycles. The van der Waals surface area contributed by atoms with Gasteiger partial charge in [-0.3, -0.25) is 4.79 Å². The molecule has 0 bridgehead atoms. The Bertz CT molecular complexity index is 1160. The van der Waals surface area contributed by atoms with E-state index in [1.165, 1.54) is 0 Å². The second-order valence-electron chi connectivity index (χ2n) is 9.87. The number of hydrogen-bond donors (Lipinski definition) is 0. The van der Waals surface area contributed by atoms with Gasteiger partial charge in [0.05, 0.1) is 33.9 Å². The van der Waals surface area contributed by atoms with E-state index in [0.29, 0.717) is 35.8 Å². The van der Waals surface area contributed by atoms with Crippen molar-refractivity contribution < 1.29 is 33.0 Å². The van der Waals surface area contributed by atoms with Crippen molar-refractivity contribution in [1.29, 1.82) is 0 Å². The van der Waals surface area contributed by atoms with E-state index >= 15 is 0 Å². The van der Waals surface area contributed by atoms with Gasteiger partial charge in [-0.25, -0.2) is 0 Å². The molecule has 0 unspecified atom stereocenters. The molecule has 1 fully saturated rings. The number of hydrogen-bond acceptors (Lipinski definition) is 7. The summed E-state index contributed by atoms with van der Waals surface area (Å²) in [6.07, 6.45) is 1.34. The van der Waals surface area contributed by atoms with Crippen LogP contribution in [0.5, 0.6) is 23.0 Å².